The van der Waals surface area contributed by atoms with E-state index in [1.165, 1.54) is 28.7 Å². The van der Waals surface area contributed by atoms with E-state index >= 15 is 0 Å². The second-order valence-electron chi connectivity index (χ2n) is 6.76. The van der Waals surface area contributed by atoms with Crippen molar-refractivity contribution in [1.29, 1.82) is 0 Å². The number of aryl methyl sites for hydroxylation is 1. The number of carbonyl (C=O) groups excluding carboxylic acids is 1. The van der Waals surface area contributed by atoms with Gasteiger partial charge < -0.3 is 10.1 Å². The number of benzene rings is 2. The normalized spacial score (nSPS) is 10.9. The molecule has 0 unspecified atom stereocenters. The van der Waals surface area contributed by atoms with Crippen molar-refractivity contribution in [3.63, 3.8) is 0 Å². The first kappa shape index (κ1) is 21.1. The number of thioether (sulfide) groups is 1. The number of anilines is 1. The Kier molecular flexibility index (Phi) is 6.34. The molecule has 0 atom stereocenters. The predicted molar refractivity (Wildman–Crippen MR) is 126 cm³/mol. The van der Waals surface area contributed by atoms with Crippen LogP contribution in [0.2, 0.25) is 0 Å². The zero-order chi connectivity index (χ0) is 21.8. The Hall–Kier alpha value is -3.17. The van der Waals surface area contributed by atoms with E-state index < -0.39 is 0 Å². The van der Waals surface area contributed by atoms with Gasteiger partial charge in [0, 0.05) is 12.1 Å². The molecule has 0 saturated heterocycles. The monoisotopic (exact) mass is 451 g/mol. The molecule has 1 N–H and O–H groups in total. The van der Waals surface area contributed by atoms with Crippen molar-refractivity contribution in [2.45, 2.75) is 18.6 Å². The molecule has 2 heterocycles. The SMILES string of the molecule is C=CCn1c(SCC(=O)Nc2nc3ccc(OC)cc3s2)nnc1-c1ccc(C)cc1. The third-order valence-electron chi connectivity index (χ3n) is 4.51. The summed E-state index contributed by atoms with van der Waals surface area (Å²) in [4.78, 5) is 17.0. The number of ether oxygens (including phenoxy) is 1. The summed E-state index contributed by atoms with van der Waals surface area (Å²) in [5, 5.41) is 12.7. The molecule has 0 aliphatic rings. The van der Waals surface area contributed by atoms with Gasteiger partial charge >= 0.3 is 0 Å². The molecule has 4 rings (SSSR count). The van der Waals surface area contributed by atoms with Crippen LogP contribution in [0.1, 0.15) is 5.56 Å². The van der Waals surface area contributed by atoms with Crippen molar-refractivity contribution in [3.05, 3.63) is 60.7 Å². The van der Waals surface area contributed by atoms with Crippen LogP contribution in [0.25, 0.3) is 21.6 Å². The molecule has 4 aromatic rings. The van der Waals surface area contributed by atoms with E-state index in [2.05, 4.69) is 27.1 Å². The van der Waals surface area contributed by atoms with Crippen LogP contribution in [-0.4, -0.2) is 38.5 Å². The molecule has 0 radical (unpaired) electrons. The first-order valence-corrected chi connectivity index (χ1v) is 11.4. The third-order valence-corrected chi connectivity index (χ3v) is 6.41. The van der Waals surface area contributed by atoms with Crippen LogP contribution in [0.3, 0.4) is 0 Å². The minimum atomic E-state index is -0.152. The zero-order valence-electron chi connectivity index (χ0n) is 17.2. The maximum atomic E-state index is 12.5. The Morgan fingerprint density at radius 3 is 2.81 bits per heavy atom. The van der Waals surface area contributed by atoms with Gasteiger partial charge in [-0.3, -0.25) is 9.36 Å². The quantitative estimate of drug-likeness (QED) is 0.306. The largest absolute Gasteiger partial charge is 0.497 e. The predicted octanol–water partition coefficient (Wildman–Crippen LogP) is 4.79. The fraction of sp³-hybridized carbons (Fsp3) is 0.182. The van der Waals surface area contributed by atoms with Crippen molar-refractivity contribution in [3.8, 4) is 17.1 Å². The second kappa shape index (κ2) is 9.32. The molecule has 31 heavy (non-hydrogen) atoms. The van der Waals surface area contributed by atoms with E-state index in [1.54, 1.807) is 13.2 Å². The zero-order valence-corrected chi connectivity index (χ0v) is 18.8. The average molecular weight is 452 g/mol. The summed E-state index contributed by atoms with van der Waals surface area (Å²) >= 11 is 2.74. The van der Waals surface area contributed by atoms with Crippen molar-refractivity contribution in [2.24, 2.45) is 0 Å². The topological polar surface area (TPSA) is 81.9 Å². The Morgan fingerprint density at radius 1 is 1.26 bits per heavy atom. The maximum Gasteiger partial charge on any atom is 0.236 e. The van der Waals surface area contributed by atoms with E-state index in [1.807, 2.05) is 54.0 Å². The number of aromatic nitrogens is 4. The Bertz CT molecular complexity index is 1230. The second-order valence-corrected chi connectivity index (χ2v) is 8.73. The molecule has 9 heteroatoms. The number of rotatable bonds is 8. The lowest BCUT2D eigenvalue weighted by molar-refractivity contribution is -0.113. The highest BCUT2D eigenvalue weighted by Gasteiger charge is 2.16. The summed E-state index contributed by atoms with van der Waals surface area (Å²) in [5.74, 6) is 1.56. The lowest BCUT2D eigenvalue weighted by Crippen LogP contribution is -2.14. The molecule has 0 fully saturated rings. The molecule has 2 aromatic carbocycles. The van der Waals surface area contributed by atoms with Gasteiger partial charge in [0.1, 0.15) is 5.75 Å². The van der Waals surface area contributed by atoms with Crippen molar-refractivity contribution >= 4 is 44.4 Å². The molecule has 7 nitrogen and oxygen atoms in total. The molecule has 0 aliphatic carbocycles. The number of allylic oxidation sites excluding steroid dienone is 1. The minimum Gasteiger partial charge on any atom is -0.497 e. The van der Waals surface area contributed by atoms with E-state index in [4.69, 9.17) is 4.74 Å². The van der Waals surface area contributed by atoms with Crippen LogP contribution < -0.4 is 10.1 Å². The van der Waals surface area contributed by atoms with Crippen LogP contribution in [0.15, 0.2) is 60.3 Å². The van der Waals surface area contributed by atoms with Crippen LogP contribution in [0, 0.1) is 6.92 Å². The van der Waals surface area contributed by atoms with Gasteiger partial charge in [-0.2, -0.15) is 0 Å². The summed E-state index contributed by atoms with van der Waals surface area (Å²) in [5.41, 5.74) is 2.97. The van der Waals surface area contributed by atoms with Gasteiger partial charge in [-0.25, -0.2) is 4.98 Å². The summed E-state index contributed by atoms with van der Waals surface area (Å²) in [7, 11) is 1.62. The van der Waals surface area contributed by atoms with E-state index in [0.717, 1.165) is 27.4 Å². The number of methoxy groups -OCH3 is 1. The summed E-state index contributed by atoms with van der Waals surface area (Å²) in [6, 6.07) is 13.7. The Balaban J connectivity index is 1.45. The van der Waals surface area contributed by atoms with E-state index in [0.29, 0.717) is 16.8 Å². The number of thiazole rings is 1. The highest BCUT2D eigenvalue weighted by Crippen LogP contribution is 2.30. The average Bonchev–Trinajstić information content (AvgIpc) is 3.36. The van der Waals surface area contributed by atoms with Crippen molar-refractivity contribution in [2.75, 3.05) is 18.2 Å². The number of amides is 1. The van der Waals surface area contributed by atoms with Gasteiger partial charge in [0.2, 0.25) is 5.91 Å². The fourth-order valence-corrected chi connectivity index (χ4v) is 4.63. The smallest absolute Gasteiger partial charge is 0.236 e. The fourth-order valence-electron chi connectivity index (χ4n) is 2.98. The number of carbonyl (C=O) groups is 1. The van der Waals surface area contributed by atoms with Gasteiger partial charge in [-0.1, -0.05) is 59.0 Å². The first-order chi connectivity index (χ1) is 15.1. The number of nitrogens with zero attached hydrogens (tertiary/aromatic N) is 4. The standard InChI is InChI=1S/C22H21N5O2S2/c1-4-11-27-20(15-7-5-14(2)6-8-15)25-26-22(27)30-13-19(28)24-21-23-17-10-9-16(29-3)12-18(17)31-21/h4-10,12H,1,11,13H2,2-3H3,(H,23,24,28). The van der Waals surface area contributed by atoms with Gasteiger partial charge in [0.15, 0.2) is 16.1 Å². The number of hydrogen-bond donors (Lipinski definition) is 1. The molecule has 0 saturated carbocycles. The lowest BCUT2D eigenvalue weighted by Gasteiger charge is -2.08. The van der Waals surface area contributed by atoms with Crippen LogP contribution >= 0.6 is 23.1 Å². The summed E-state index contributed by atoms with van der Waals surface area (Å²) in [6.45, 7) is 6.43. The highest BCUT2D eigenvalue weighted by atomic mass is 32.2. The molecule has 158 valence electrons. The first-order valence-electron chi connectivity index (χ1n) is 9.55. The van der Waals surface area contributed by atoms with Gasteiger partial charge in [0.05, 0.1) is 23.1 Å². The summed E-state index contributed by atoms with van der Waals surface area (Å²) in [6.07, 6.45) is 1.79. The summed E-state index contributed by atoms with van der Waals surface area (Å²) < 4.78 is 8.15. The minimum absolute atomic E-state index is 0.152. The lowest BCUT2D eigenvalue weighted by atomic mass is 10.1. The van der Waals surface area contributed by atoms with Crippen LogP contribution in [0.5, 0.6) is 5.75 Å². The molecular formula is C22H21N5O2S2. The molecule has 1 amide bonds. The van der Waals surface area contributed by atoms with Crippen molar-refractivity contribution < 1.29 is 9.53 Å². The molecular weight excluding hydrogens is 430 g/mol. The number of nitrogens with one attached hydrogen (secondary N) is 1. The number of hydrogen-bond acceptors (Lipinski definition) is 7. The Morgan fingerprint density at radius 2 is 2.06 bits per heavy atom. The molecule has 0 aliphatic heterocycles. The van der Waals surface area contributed by atoms with Gasteiger partial charge in [0.25, 0.3) is 0 Å². The van der Waals surface area contributed by atoms with Crippen LogP contribution in [-0.2, 0) is 11.3 Å². The maximum absolute atomic E-state index is 12.5. The van der Waals surface area contributed by atoms with E-state index in [-0.39, 0.29) is 11.7 Å². The molecule has 0 bridgehead atoms. The molecule has 2 aromatic heterocycles. The van der Waals surface area contributed by atoms with E-state index in [9.17, 15) is 4.79 Å². The highest BCUT2D eigenvalue weighted by molar-refractivity contribution is 7.99. The third kappa shape index (κ3) is 4.78. The molecule has 0 spiro atoms. The Labute approximate surface area is 188 Å². The van der Waals surface area contributed by atoms with Gasteiger partial charge in [-0.15, -0.1) is 16.8 Å². The van der Waals surface area contributed by atoms with Gasteiger partial charge in [-0.05, 0) is 25.1 Å². The van der Waals surface area contributed by atoms with Crippen molar-refractivity contribution in [1.82, 2.24) is 19.7 Å². The van der Waals surface area contributed by atoms with Crippen LogP contribution in [0.4, 0.5) is 5.13 Å². The number of fused-ring (bicyclic) bond motifs is 1.